The minimum Gasteiger partial charge on any atom is -0.290 e. The molecule has 1 amide bonds. The molecule has 0 spiro atoms. The van der Waals surface area contributed by atoms with Gasteiger partial charge in [-0.3, -0.25) is 10.1 Å². The van der Waals surface area contributed by atoms with E-state index in [1.165, 1.54) is 29.5 Å². The highest BCUT2D eigenvalue weighted by Crippen LogP contribution is 2.26. The summed E-state index contributed by atoms with van der Waals surface area (Å²) in [6.07, 6.45) is 3.00. The van der Waals surface area contributed by atoms with Crippen molar-refractivity contribution < 1.29 is 9.18 Å². The molecule has 0 atom stereocenters. The predicted molar refractivity (Wildman–Crippen MR) is 105 cm³/mol. The standard InChI is InChI=1S/C19H12ClFN4OS/c20-15-4-2-1-3-12(15)7-10-17(26)22-18-23-19-25(24-18)16(11-27-19)13-5-8-14(21)9-6-13/h1-11H,(H,22,24,26)/b10-7+. The molecule has 0 aliphatic rings. The zero-order valence-corrected chi connectivity index (χ0v) is 15.3. The van der Waals surface area contributed by atoms with E-state index in [0.29, 0.717) is 9.98 Å². The average Bonchev–Trinajstić information content (AvgIpc) is 3.22. The molecule has 27 heavy (non-hydrogen) atoms. The van der Waals surface area contributed by atoms with Crippen molar-refractivity contribution in [2.24, 2.45) is 0 Å². The van der Waals surface area contributed by atoms with E-state index in [4.69, 9.17) is 11.6 Å². The third-order valence-electron chi connectivity index (χ3n) is 3.78. The summed E-state index contributed by atoms with van der Waals surface area (Å²) in [4.78, 5) is 17.0. The zero-order valence-electron chi connectivity index (χ0n) is 13.8. The number of nitrogens with one attached hydrogen (secondary N) is 1. The molecule has 8 heteroatoms. The van der Waals surface area contributed by atoms with Crippen molar-refractivity contribution in [3.05, 3.63) is 76.4 Å². The molecule has 0 fully saturated rings. The van der Waals surface area contributed by atoms with Crippen LogP contribution in [0.4, 0.5) is 10.3 Å². The maximum Gasteiger partial charge on any atom is 0.250 e. The van der Waals surface area contributed by atoms with Crippen molar-refractivity contribution in [3.8, 4) is 11.3 Å². The number of fused-ring (bicyclic) bond motifs is 1. The van der Waals surface area contributed by atoms with E-state index < -0.39 is 0 Å². The molecule has 1 N–H and O–H groups in total. The minimum atomic E-state index is -0.364. The number of hydrogen-bond donors (Lipinski definition) is 1. The number of benzene rings is 2. The summed E-state index contributed by atoms with van der Waals surface area (Å²) in [5.74, 6) is -0.474. The van der Waals surface area contributed by atoms with Crippen molar-refractivity contribution >= 4 is 45.8 Å². The number of carbonyl (C=O) groups is 1. The van der Waals surface area contributed by atoms with Gasteiger partial charge in [0.2, 0.25) is 4.96 Å². The number of nitrogens with zero attached hydrogens (tertiary/aromatic N) is 3. The Balaban J connectivity index is 1.54. The van der Waals surface area contributed by atoms with E-state index in [1.807, 2.05) is 23.6 Å². The SMILES string of the molecule is O=C(/C=C/c1ccccc1Cl)Nc1nc2scc(-c3ccc(F)cc3)n2n1. The fraction of sp³-hybridized carbons (Fsp3) is 0. The van der Waals surface area contributed by atoms with Crippen LogP contribution in [0.15, 0.2) is 60.0 Å². The molecule has 4 rings (SSSR count). The summed E-state index contributed by atoms with van der Waals surface area (Å²) >= 11 is 7.44. The smallest absolute Gasteiger partial charge is 0.250 e. The number of thiazole rings is 1. The van der Waals surface area contributed by atoms with Crippen molar-refractivity contribution in [2.75, 3.05) is 5.32 Å². The summed E-state index contributed by atoms with van der Waals surface area (Å²) in [5.41, 5.74) is 2.32. The number of halogens is 2. The summed E-state index contributed by atoms with van der Waals surface area (Å²) < 4.78 is 14.7. The predicted octanol–water partition coefficient (Wildman–Crippen LogP) is 4.90. The maximum atomic E-state index is 13.1. The minimum absolute atomic E-state index is 0.194. The van der Waals surface area contributed by atoms with Gasteiger partial charge in [0.15, 0.2) is 0 Å². The molecular weight excluding hydrogens is 387 g/mol. The molecule has 5 nitrogen and oxygen atoms in total. The number of anilines is 1. The van der Waals surface area contributed by atoms with Crippen molar-refractivity contribution in [2.45, 2.75) is 0 Å². The first-order valence-corrected chi connectivity index (χ1v) is 9.20. The van der Waals surface area contributed by atoms with Gasteiger partial charge in [-0.1, -0.05) is 29.8 Å². The summed E-state index contributed by atoms with van der Waals surface area (Å²) in [6.45, 7) is 0. The Morgan fingerprint density at radius 1 is 1.19 bits per heavy atom. The Morgan fingerprint density at radius 3 is 2.74 bits per heavy atom. The van der Waals surface area contributed by atoms with Crippen LogP contribution in [0.2, 0.25) is 5.02 Å². The van der Waals surface area contributed by atoms with E-state index in [1.54, 1.807) is 28.8 Å². The first kappa shape index (κ1) is 17.4. The number of rotatable bonds is 4. The fourth-order valence-corrected chi connectivity index (χ4v) is 3.51. The van der Waals surface area contributed by atoms with Crippen LogP contribution in [0.5, 0.6) is 0 Å². The van der Waals surface area contributed by atoms with Gasteiger partial charge in [-0.05, 0) is 42.0 Å². The third-order valence-corrected chi connectivity index (χ3v) is 4.94. The van der Waals surface area contributed by atoms with Gasteiger partial charge in [0.1, 0.15) is 5.82 Å². The number of carbonyl (C=O) groups excluding carboxylic acids is 1. The molecule has 134 valence electrons. The number of hydrogen-bond acceptors (Lipinski definition) is 4. The molecule has 0 saturated carbocycles. The molecule has 2 aromatic carbocycles. The second kappa shape index (κ2) is 7.30. The third kappa shape index (κ3) is 3.74. The molecular formula is C19H12ClFN4OS. The van der Waals surface area contributed by atoms with Crippen LogP contribution < -0.4 is 5.32 Å². The van der Waals surface area contributed by atoms with Crippen molar-refractivity contribution in [1.82, 2.24) is 14.6 Å². The van der Waals surface area contributed by atoms with Crippen LogP contribution in [0.1, 0.15) is 5.56 Å². The lowest BCUT2D eigenvalue weighted by Gasteiger charge is -1.99. The van der Waals surface area contributed by atoms with Crippen LogP contribution in [0.25, 0.3) is 22.3 Å². The first-order chi connectivity index (χ1) is 13.1. The molecule has 2 aromatic heterocycles. The van der Waals surface area contributed by atoms with Crippen LogP contribution in [-0.4, -0.2) is 20.5 Å². The van der Waals surface area contributed by atoms with E-state index in [9.17, 15) is 9.18 Å². The Morgan fingerprint density at radius 2 is 1.96 bits per heavy atom. The van der Waals surface area contributed by atoms with Gasteiger partial charge < -0.3 is 0 Å². The van der Waals surface area contributed by atoms with Crippen LogP contribution in [0, 0.1) is 5.82 Å². The van der Waals surface area contributed by atoms with Gasteiger partial charge in [-0.2, -0.15) is 4.98 Å². The van der Waals surface area contributed by atoms with Crippen LogP contribution in [0.3, 0.4) is 0 Å². The molecule has 4 aromatic rings. The Hall–Kier alpha value is -3.03. The summed E-state index contributed by atoms with van der Waals surface area (Å²) in [6, 6.07) is 13.3. The van der Waals surface area contributed by atoms with E-state index >= 15 is 0 Å². The molecule has 0 aliphatic heterocycles. The normalized spacial score (nSPS) is 11.3. The van der Waals surface area contributed by atoms with Crippen LogP contribution in [-0.2, 0) is 4.79 Å². The van der Waals surface area contributed by atoms with Crippen LogP contribution >= 0.6 is 22.9 Å². The molecule has 0 saturated heterocycles. The van der Waals surface area contributed by atoms with Gasteiger partial charge in [0.05, 0.1) is 5.69 Å². The van der Waals surface area contributed by atoms with Crippen molar-refractivity contribution in [1.29, 1.82) is 0 Å². The van der Waals surface area contributed by atoms with Gasteiger partial charge in [-0.25, -0.2) is 8.91 Å². The highest BCUT2D eigenvalue weighted by atomic mass is 35.5. The van der Waals surface area contributed by atoms with E-state index in [0.717, 1.165) is 16.8 Å². The first-order valence-electron chi connectivity index (χ1n) is 7.94. The van der Waals surface area contributed by atoms with Crippen molar-refractivity contribution in [3.63, 3.8) is 0 Å². The molecule has 0 bridgehead atoms. The van der Waals surface area contributed by atoms with Gasteiger partial charge >= 0.3 is 0 Å². The van der Waals surface area contributed by atoms with Gasteiger partial charge in [-0.15, -0.1) is 16.4 Å². The fourth-order valence-electron chi connectivity index (χ4n) is 2.48. The van der Waals surface area contributed by atoms with Gasteiger partial charge in [0, 0.05) is 22.0 Å². The quantitative estimate of drug-likeness (QED) is 0.497. The number of aromatic nitrogens is 3. The molecule has 2 heterocycles. The Kier molecular flexibility index (Phi) is 4.70. The lowest BCUT2D eigenvalue weighted by atomic mass is 10.2. The molecule has 0 aliphatic carbocycles. The lowest BCUT2D eigenvalue weighted by molar-refractivity contribution is -0.111. The molecule has 0 unspecified atom stereocenters. The second-order valence-electron chi connectivity index (χ2n) is 5.60. The summed E-state index contributed by atoms with van der Waals surface area (Å²) in [5, 5.41) is 9.39. The topological polar surface area (TPSA) is 59.3 Å². The molecule has 0 radical (unpaired) electrons. The van der Waals surface area contributed by atoms with E-state index in [2.05, 4.69) is 15.4 Å². The largest absolute Gasteiger partial charge is 0.290 e. The number of amides is 1. The van der Waals surface area contributed by atoms with E-state index in [-0.39, 0.29) is 17.7 Å². The van der Waals surface area contributed by atoms with Gasteiger partial charge in [0.25, 0.3) is 11.9 Å². The maximum absolute atomic E-state index is 13.1. The second-order valence-corrected chi connectivity index (χ2v) is 6.85. The lowest BCUT2D eigenvalue weighted by Crippen LogP contribution is -2.09. The Bertz CT molecular complexity index is 1150. The zero-order chi connectivity index (χ0) is 18.8. The Labute approximate surface area is 162 Å². The monoisotopic (exact) mass is 398 g/mol. The summed E-state index contributed by atoms with van der Waals surface area (Å²) in [7, 11) is 0. The average molecular weight is 399 g/mol. The highest BCUT2D eigenvalue weighted by Gasteiger charge is 2.12. The highest BCUT2D eigenvalue weighted by molar-refractivity contribution is 7.15.